The van der Waals surface area contributed by atoms with Crippen LogP contribution in [0.2, 0.25) is 0 Å². The summed E-state index contributed by atoms with van der Waals surface area (Å²) < 4.78 is 0. The van der Waals surface area contributed by atoms with Crippen LogP contribution in [0.15, 0.2) is 24.3 Å². The van der Waals surface area contributed by atoms with Gasteiger partial charge in [0, 0.05) is 18.4 Å². The van der Waals surface area contributed by atoms with Gasteiger partial charge in [0.2, 0.25) is 0 Å². The maximum absolute atomic E-state index is 8.27. The molecule has 0 amide bonds. The zero-order chi connectivity index (χ0) is 8.10. The average Bonchev–Trinajstić information content (AvgIpc) is 2.07. The van der Waals surface area contributed by atoms with E-state index in [0.29, 0.717) is 0 Å². The van der Waals surface area contributed by atoms with Gasteiger partial charge in [0.25, 0.3) is 0 Å². The van der Waals surface area contributed by atoms with Crippen LogP contribution in [0.1, 0.15) is 0 Å². The second-order valence-electron chi connectivity index (χ2n) is 2.06. The first-order valence-electron chi connectivity index (χ1n) is 3.29. The first-order valence-corrected chi connectivity index (χ1v) is 3.29. The summed E-state index contributed by atoms with van der Waals surface area (Å²) in [5.41, 5.74) is 1.85. The van der Waals surface area contributed by atoms with Gasteiger partial charge in [0.1, 0.15) is 0 Å². The number of anilines is 2. The van der Waals surface area contributed by atoms with E-state index in [2.05, 4.69) is 10.6 Å². The van der Waals surface area contributed by atoms with Crippen LogP contribution in [0.25, 0.3) is 0 Å². The van der Waals surface area contributed by atoms with Gasteiger partial charge in [-0.15, -0.1) is 0 Å². The molecule has 11 heavy (non-hydrogen) atoms. The standard InChI is InChI=1S/C8H9N3/c1-10-7-2-4-8(5-3-7)11-6-9/h2-5,10-11H,1H3. The van der Waals surface area contributed by atoms with E-state index >= 15 is 0 Å². The Labute approximate surface area is 65.7 Å². The third kappa shape index (κ3) is 1.87. The van der Waals surface area contributed by atoms with E-state index in [4.69, 9.17) is 5.26 Å². The lowest BCUT2D eigenvalue weighted by Crippen LogP contribution is -1.89. The van der Waals surface area contributed by atoms with Gasteiger partial charge in [0.15, 0.2) is 6.19 Å². The molecule has 0 saturated carbocycles. The monoisotopic (exact) mass is 147 g/mol. The number of benzene rings is 1. The number of rotatable bonds is 2. The highest BCUT2D eigenvalue weighted by Gasteiger charge is 1.88. The molecular weight excluding hydrogens is 138 g/mol. The fraction of sp³-hybridized carbons (Fsp3) is 0.125. The summed E-state index contributed by atoms with van der Waals surface area (Å²) in [5.74, 6) is 0. The van der Waals surface area contributed by atoms with E-state index in [1.807, 2.05) is 37.5 Å². The van der Waals surface area contributed by atoms with E-state index in [9.17, 15) is 0 Å². The van der Waals surface area contributed by atoms with Gasteiger partial charge in [0.05, 0.1) is 0 Å². The number of nitrogens with zero attached hydrogens (tertiary/aromatic N) is 1. The molecule has 0 aromatic heterocycles. The van der Waals surface area contributed by atoms with Crippen molar-refractivity contribution in [3.63, 3.8) is 0 Å². The predicted molar refractivity (Wildman–Crippen MR) is 45.2 cm³/mol. The summed E-state index contributed by atoms with van der Waals surface area (Å²) in [6.45, 7) is 0. The molecule has 0 aliphatic heterocycles. The van der Waals surface area contributed by atoms with Crippen LogP contribution in [-0.4, -0.2) is 7.05 Å². The summed E-state index contributed by atoms with van der Waals surface area (Å²) in [4.78, 5) is 0. The van der Waals surface area contributed by atoms with E-state index < -0.39 is 0 Å². The van der Waals surface area contributed by atoms with Crippen molar-refractivity contribution in [2.45, 2.75) is 0 Å². The molecular formula is C8H9N3. The van der Waals surface area contributed by atoms with Crippen molar-refractivity contribution in [1.29, 1.82) is 5.26 Å². The Bertz CT molecular complexity index is 258. The van der Waals surface area contributed by atoms with E-state index in [0.717, 1.165) is 11.4 Å². The highest BCUT2D eigenvalue weighted by atomic mass is 14.9. The normalized spacial score (nSPS) is 8.36. The highest BCUT2D eigenvalue weighted by Crippen LogP contribution is 2.11. The molecule has 0 aliphatic carbocycles. The summed E-state index contributed by atoms with van der Waals surface area (Å²) in [6, 6.07) is 7.49. The third-order valence-corrected chi connectivity index (χ3v) is 1.37. The van der Waals surface area contributed by atoms with Crippen LogP contribution in [-0.2, 0) is 0 Å². The van der Waals surface area contributed by atoms with E-state index in [1.54, 1.807) is 0 Å². The van der Waals surface area contributed by atoms with Crippen molar-refractivity contribution in [1.82, 2.24) is 0 Å². The van der Waals surface area contributed by atoms with Crippen molar-refractivity contribution in [2.75, 3.05) is 17.7 Å². The minimum absolute atomic E-state index is 0.812. The first kappa shape index (κ1) is 7.42. The highest BCUT2D eigenvalue weighted by molar-refractivity contribution is 5.54. The first-order chi connectivity index (χ1) is 5.36. The molecule has 3 heteroatoms. The molecule has 0 radical (unpaired) electrons. The molecule has 1 aromatic rings. The molecule has 3 nitrogen and oxygen atoms in total. The van der Waals surface area contributed by atoms with Crippen LogP contribution in [0.5, 0.6) is 0 Å². The molecule has 0 saturated heterocycles. The van der Waals surface area contributed by atoms with Crippen molar-refractivity contribution in [2.24, 2.45) is 0 Å². The lowest BCUT2D eigenvalue weighted by Gasteiger charge is -1.99. The number of nitriles is 1. The molecule has 1 aromatic carbocycles. The SMILES string of the molecule is CNc1ccc(NC#N)cc1. The molecule has 0 aliphatic rings. The lowest BCUT2D eigenvalue weighted by atomic mass is 10.3. The fourth-order valence-electron chi connectivity index (χ4n) is 0.785. The largest absolute Gasteiger partial charge is 0.388 e. The Morgan fingerprint density at radius 3 is 2.18 bits per heavy atom. The maximum Gasteiger partial charge on any atom is 0.181 e. The van der Waals surface area contributed by atoms with Gasteiger partial charge in [-0.25, -0.2) is 0 Å². The Kier molecular flexibility index (Phi) is 2.34. The Morgan fingerprint density at radius 1 is 1.18 bits per heavy atom. The molecule has 1 rings (SSSR count). The van der Waals surface area contributed by atoms with Crippen LogP contribution in [0, 0.1) is 11.5 Å². The molecule has 0 unspecified atom stereocenters. The summed E-state index contributed by atoms with van der Waals surface area (Å²) in [6.07, 6.45) is 1.85. The van der Waals surface area contributed by atoms with Crippen molar-refractivity contribution in [3.05, 3.63) is 24.3 Å². The van der Waals surface area contributed by atoms with Crippen molar-refractivity contribution >= 4 is 11.4 Å². The average molecular weight is 147 g/mol. The third-order valence-electron chi connectivity index (χ3n) is 1.37. The van der Waals surface area contributed by atoms with Crippen LogP contribution in [0.3, 0.4) is 0 Å². The smallest absolute Gasteiger partial charge is 0.181 e. The Morgan fingerprint density at radius 2 is 1.73 bits per heavy atom. The topological polar surface area (TPSA) is 47.8 Å². The molecule has 0 heterocycles. The van der Waals surface area contributed by atoms with Crippen LogP contribution in [0.4, 0.5) is 11.4 Å². The summed E-state index contributed by atoms with van der Waals surface area (Å²) in [5, 5.41) is 13.8. The van der Waals surface area contributed by atoms with E-state index in [-0.39, 0.29) is 0 Å². The molecule has 0 fully saturated rings. The zero-order valence-electron chi connectivity index (χ0n) is 6.26. The molecule has 2 N–H and O–H groups in total. The van der Waals surface area contributed by atoms with Gasteiger partial charge in [-0.2, -0.15) is 5.26 Å². The second kappa shape index (κ2) is 3.47. The minimum atomic E-state index is 0.812. The fourth-order valence-corrected chi connectivity index (χ4v) is 0.785. The minimum Gasteiger partial charge on any atom is -0.388 e. The second-order valence-corrected chi connectivity index (χ2v) is 2.06. The van der Waals surface area contributed by atoms with Gasteiger partial charge in [-0.3, -0.25) is 5.32 Å². The lowest BCUT2D eigenvalue weighted by molar-refractivity contribution is 1.46. The zero-order valence-corrected chi connectivity index (χ0v) is 6.26. The molecule has 0 atom stereocenters. The summed E-state index contributed by atoms with van der Waals surface area (Å²) in [7, 11) is 1.85. The Hall–Kier alpha value is -1.69. The number of nitrogens with one attached hydrogen (secondary N) is 2. The van der Waals surface area contributed by atoms with Crippen LogP contribution < -0.4 is 10.6 Å². The predicted octanol–water partition coefficient (Wildman–Crippen LogP) is 1.62. The summed E-state index contributed by atoms with van der Waals surface area (Å²) >= 11 is 0. The van der Waals surface area contributed by atoms with Gasteiger partial charge in [-0.05, 0) is 24.3 Å². The van der Waals surface area contributed by atoms with Gasteiger partial charge in [-0.1, -0.05) is 0 Å². The van der Waals surface area contributed by atoms with Gasteiger partial charge < -0.3 is 5.32 Å². The maximum atomic E-state index is 8.27. The van der Waals surface area contributed by atoms with Crippen LogP contribution >= 0.6 is 0 Å². The molecule has 0 bridgehead atoms. The van der Waals surface area contributed by atoms with Gasteiger partial charge >= 0.3 is 0 Å². The quantitative estimate of drug-likeness (QED) is 0.493. The Balaban J connectivity index is 2.76. The molecule has 0 spiro atoms. The van der Waals surface area contributed by atoms with Crippen molar-refractivity contribution < 1.29 is 0 Å². The van der Waals surface area contributed by atoms with Crippen molar-refractivity contribution in [3.8, 4) is 6.19 Å². The van der Waals surface area contributed by atoms with E-state index in [1.165, 1.54) is 0 Å². The number of hydrogen-bond acceptors (Lipinski definition) is 3. The number of hydrogen-bond donors (Lipinski definition) is 2. The molecule has 56 valence electrons.